The van der Waals surface area contributed by atoms with Gasteiger partial charge in [-0.25, -0.2) is 13.2 Å². The van der Waals surface area contributed by atoms with Crippen LogP contribution in [-0.2, 0) is 19.4 Å². The fraction of sp³-hybridized carbons (Fsp3) is 0.467. The number of carbonyl (C=O) groups is 2. The van der Waals surface area contributed by atoms with Crippen LogP contribution in [0.15, 0.2) is 29.2 Å². The minimum Gasteiger partial charge on any atom is -0.467 e. The summed E-state index contributed by atoms with van der Waals surface area (Å²) in [6.45, 7) is 3.70. The van der Waals surface area contributed by atoms with Gasteiger partial charge in [0.2, 0.25) is 0 Å². The Morgan fingerprint density at radius 3 is 2.36 bits per heavy atom. The van der Waals surface area contributed by atoms with Crippen LogP contribution in [0, 0.1) is 5.92 Å². The molecule has 0 heterocycles. The molecule has 0 aliphatic heterocycles. The van der Waals surface area contributed by atoms with Crippen LogP contribution in [0.4, 0.5) is 0 Å². The first kappa shape index (κ1) is 18.2. The standard InChI is InChI=1S/C15H21NO5S/c1-5-10(2)13(15(18)21-3)16-14(17)11-8-6-7-9-12(11)22(4,19)20/h6-10,13H,5H2,1-4H3,(H,16,17)/t10-,13+/m0/s1. The maximum atomic E-state index is 12.4. The lowest BCUT2D eigenvalue weighted by Crippen LogP contribution is -2.45. The molecular formula is C15H21NO5S. The van der Waals surface area contributed by atoms with Gasteiger partial charge in [-0.1, -0.05) is 32.4 Å². The Balaban J connectivity index is 3.14. The second-order valence-electron chi connectivity index (χ2n) is 5.13. The summed E-state index contributed by atoms with van der Waals surface area (Å²) >= 11 is 0. The summed E-state index contributed by atoms with van der Waals surface area (Å²) < 4.78 is 28.2. The van der Waals surface area contributed by atoms with Crippen LogP contribution in [0.5, 0.6) is 0 Å². The van der Waals surface area contributed by atoms with Crippen molar-refractivity contribution in [1.82, 2.24) is 5.32 Å². The fourth-order valence-electron chi connectivity index (χ4n) is 1.99. The molecule has 6 nitrogen and oxygen atoms in total. The van der Waals surface area contributed by atoms with Crippen molar-refractivity contribution in [2.24, 2.45) is 5.92 Å². The molecule has 1 N–H and O–H groups in total. The number of nitrogens with one attached hydrogen (secondary N) is 1. The summed E-state index contributed by atoms with van der Waals surface area (Å²) in [5.74, 6) is -1.31. The highest BCUT2D eigenvalue weighted by Crippen LogP contribution is 2.17. The molecule has 0 aromatic heterocycles. The van der Waals surface area contributed by atoms with E-state index in [0.29, 0.717) is 6.42 Å². The van der Waals surface area contributed by atoms with Gasteiger partial charge in [-0.05, 0) is 18.1 Å². The summed E-state index contributed by atoms with van der Waals surface area (Å²) in [6, 6.07) is 5.06. The van der Waals surface area contributed by atoms with E-state index in [9.17, 15) is 18.0 Å². The third kappa shape index (κ3) is 4.30. The van der Waals surface area contributed by atoms with Gasteiger partial charge in [0.05, 0.1) is 17.6 Å². The first-order valence-corrected chi connectivity index (χ1v) is 8.79. The Morgan fingerprint density at radius 1 is 1.27 bits per heavy atom. The number of hydrogen-bond donors (Lipinski definition) is 1. The largest absolute Gasteiger partial charge is 0.467 e. The predicted octanol–water partition coefficient (Wildman–Crippen LogP) is 1.41. The van der Waals surface area contributed by atoms with Crippen molar-refractivity contribution in [2.75, 3.05) is 13.4 Å². The quantitative estimate of drug-likeness (QED) is 0.798. The number of esters is 1. The van der Waals surface area contributed by atoms with E-state index in [-0.39, 0.29) is 16.4 Å². The average molecular weight is 327 g/mol. The zero-order valence-electron chi connectivity index (χ0n) is 13.1. The number of hydrogen-bond acceptors (Lipinski definition) is 5. The summed E-state index contributed by atoms with van der Waals surface area (Å²) in [5, 5.41) is 2.57. The molecule has 1 aromatic carbocycles. The number of carbonyl (C=O) groups excluding carboxylic acids is 2. The molecule has 1 rings (SSSR count). The van der Waals surface area contributed by atoms with Crippen LogP contribution < -0.4 is 5.32 Å². The van der Waals surface area contributed by atoms with Crippen molar-refractivity contribution in [1.29, 1.82) is 0 Å². The van der Waals surface area contributed by atoms with Crippen LogP contribution in [0.3, 0.4) is 0 Å². The van der Waals surface area contributed by atoms with Gasteiger partial charge >= 0.3 is 5.97 Å². The van der Waals surface area contributed by atoms with Crippen LogP contribution in [0.25, 0.3) is 0 Å². The minimum absolute atomic E-state index is 0.0159. The molecule has 7 heteroatoms. The maximum Gasteiger partial charge on any atom is 0.328 e. The lowest BCUT2D eigenvalue weighted by atomic mass is 9.99. The SMILES string of the molecule is CC[C@H](C)[C@@H](NC(=O)c1ccccc1S(C)(=O)=O)C(=O)OC. The Hall–Kier alpha value is -1.89. The topological polar surface area (TPSA) is 89.5 Å². The molecule has 1 amide bonds. The molecule has 22 heavy (non-hydrogen) atoms. The Kier molecular flexibility index (Phi) is 6.11. The molecule has 122 valence electrons. The second kappa shape index (κ2) is 7.40. The third-order valence-electron chi connectivity index (χ3n) is 3.49. The number of rotatable bonds is 6. The van der Waals surface area contributed by atoms with Crippen molar-refractivity contribution in [3.8, 4) is 0 Å². The van der Waals surface area contributed by atoms with Crippen molar-refractivity contribution in [3.63, 3.8) is 0 Å². The van der Waals surface area contributed by atoms with E-state index < -0.39 is 27.8 Å². The molecule has 0 radical (unpaired) electrons. The van der Waals surface area contributed by atoms with Gasteiger partial charge in [-0.15, -0.1) is 0 Å². The van der Waals surface area contributed by atoms with Crippen molar-refractivity contribution >= 4 is 21.7 Å². The Bertz CT molecular complexity index is 654. The lowest BCUT2D eigenvalue weighted by molar-refractivity contribution is -0.144. The van der Waals surface area contributed by atoms with Crippen molar-refractivity contribution in [3.05, 3.63) is 29.8 Å². The summed E-state index contributed by atoms with van der Waals surface area (Å²) in [4.78, 5) is 24.1. The third-order valence-corrected chi connectivity index (χ3v) is 4.64. The molecule has 0 saturated heterocycles. The molecule has 1 aromatic rings. The highest BCUT2D eigenvalue weighted by molar-refractivity contribution is 7.90. The van der Waals surface area contributed by atoms with Gasteiger partial charge in [0.15, 0.2) is 9.84 Å². The predicted molar refractivity (Wildman–Crippen MR) is 82.3 cm³/mol. The zero-order valence-corrected chi connectivity index (χ0v) is 13.9. The van der Waals surface area contributed by atoms with Crippen molar-refractivity contribution in [2.45, 2.75) is 31.2 Å². The minimum atomic E-state index is -3.54. The number of benzene rings is 1. The van der Waals surface area contributed by atoms with E-state index >= 15 is 0 Å². The van der Waals surface area contributed by atoms with E-state index in [1.54, 1.807) is 12.1 Å². The Labute approximate surface area is 130 Å². The van der Waals surface area contributed by atoms with Gasteiger partial charge in [-0.2, -0.15) is 0 Å². The van der Waals surface area contributed by atoms with Gasteiger partial charge in [0.25, 0.3) is 5.91 Å². The van der Waals surface area contributed by atoms with E-state index in [2.05, 4.69) is 5.32 Å². The molecule has 0 fully saturated rings. The fourth-order valence-corrected chi connectivity index (χ4v) is 2.88. The highest BCUT2D eigenvalue weighted by Gasteiger charge is 2.28. The van der Waals surface area contributed by atoms with Gasteiger partial charge in [0.1, 0.15) is 6.04 Å². The molecule has 0 aliphatic rings. The van der Waals surface area contributed by atoms with E-state index in [4.69, 9.17) is 4.74 Å². The van der Waals surface area contributed by atoms with E-state index in [1.807, 2.05) is 13.8 Å². The van der Waals surface area contributed by atoms with Gasteiger partial charge in [-0.3, -0.25) is 4.79 Å². The smallest absolute Gasteiger partial charge is 0.328 e. The van der Waals surface area contributed by atoms with E-state index in [0.717, 1.165) is 6.26 Å². The first-order chi connectivity index (χ1) is 10.2. The van der Waals surface area contributed by atoms with Crippen LogP contribution in [-0.4, -0.2) is 39.7 Å². The molecule has 0 aliphatic carbocycles. The zero-order chi connectivity index (χ0) is 16.9. The molecule has 0 spiro atoms. The van der Waals surface area contributed by atoms with Gasteiger partial charge in [0, 0.05) is 6.26 Å². The number of ether oxygens (including phenoxy) is 1. The molecule has 0 unspecified atom stereocenters. The summed E-state index contributed by atoms with van der Waals surface area (Å²) in [5.41, 5.74) is 0.0159. The lowest BCUT2D eigenvalue weighted by Gasteiger charge is -2.22. The molecule has 0 saturated carbocycles. The van der Waals surface area contributed by atoms with Crippen LogP contribution in [0.1, 0.15) is 30.6 Å². The monoisotopic (exact) mass is 327 g/mol. The molecular weight excluding hydrogens is 306 g/mol. The summed E-state index contributed by atoms with van der Waals surface area (Å²) in [6.07, 6.45) is 1.69. The van der Waals surface area contributed by atoms with E-state index in [1.165, 1.54) is 19.2 Å². The maximum absolute atomic E-state index is 12.4. The Morgan fingerprint density at radius 2 is 1.86 bits per heavy atom. The summed E-state index contributed by atoms with van der Waals surface area (Å²) in [7, 11) is -2.30. The number of amides is 1. The van der Waals surface area contributed by atoms with Crippen molar-refractivity contribution < 1.29 is 22.7 Å². The van der Waals surface area contributed by atoms with Crippen LogP contribution >= 0.6 is 0 Å². The molecule has 0 bridgehead atoms. The first-order valence-electron chi connectivity index (χ1n) is 6.90. The van der Waals surface area contributed by atoms with Crippen LogP contribution in [0.2, 0.25) is 0 Å². The van der Waals surface area contributed by atoms with Gasteiger partial charge < -0.3 is 10.1 Å². The normalized spacial score (nSPS) is 14.0. The molecule has 2 atom stereocenters. The number of sulfone groups is 1. The highest BCUT2D eigenvalue weighted by atomic mass is 32.2. The number of methoxy groups -OCH3 is 1. The second-order valence-corrected chi connectivity index (χ2v) is 7.11. The average Bonchev–Trinajstić information content (AvgIpc) is 2.50.